The van der Waals surface area contributed by atoms with E-state index in [1.165, 1.54) is 42.5 Å². The quantitative estimate of drug-likeness (QED) is 0.579. The standard InChI is InChI=1S/C19H17ClN2O4S/c1-13(23)14-5-9-18(10-6-14)27(24,25)22(2)12-17-11-19(21-26-17)15-3-7-16(20)8-4-15/h3-11H,12H2,1-2H3. The van der Waals surface area contributed by atoms with E-state index in [0.717, 1.165) is 5.56 Å². The van der Waals surface area contributed by atoms with E-state index in [-0.39, 0.29) is 17.2 Å². The molecule has 0 radical (unpaired) electrons. The minimum atomic E-state index is -3.72. The van der Waals surface area contributed by atoms with Crippen LogP contribution >= 0.6 is 11.6 Å². The molecule has 0 bridgehead atoms. The molecule has 0 unspecified atom stereocenters. The Morgan fingerprint density at radius 1 is 1.11 bits per heavy atom. The molecule has 0 spiro atoms. The second-order valence-corrected chi connectivity index (χ2v) is 8.51. The molecule has 0 aliphatic rings. The van der Waals surface area contributed by atoms with Crippen LogP contribution in [-0.2, 0) is 16.6 Å². The molecule has 0 saturated carbocycles. The van der Waals surface area contributed by atoms with Crippen molar-refractivity contribution >= 4 is 27.4 Å². The molecule has 6 nitrogen and oxygen atoms in total. The second-order valence-electron chi connectivity index (χ2n) is 6.03. The Balaban J connectivity index is 1.77. The zero-order valence-electron chi connectivity index (χ0n) is 14.7. The third-order valence-corrected chi connectivity index (χ3v) is 6.12. The van der Waals surface area contributed by atoms with E-state index < -0.39 is 10.0 Å². The first kappa shape index (κ1) is 19.3. The Kier molecular flexibility index (Phi) is 5.46. The van der Waals surface area contributed by atoms with Crippen molar-refractivity contribution in [2.75, 3.05) is 7.05 Å². The number of rotatable bonds is 6. The number of ketones is 1. The van der Waals surface area contributed by atoms with Crippen molar-refractivity contribution in [1.29, 1.82) is 0 Å². The molecule has 0 fully saturated rings. The van der Waals surface area contributed by atoms with Crippen LogP contribution in [0.3, 0.4) is 0 Å². The number of carbonyl (C=O) groups is 1. The van der Waals surface area contributed by atoms with Gasteiger partial charge < -0.3 is 4.52 Å². The lowest BCUT2D eigenvalue weighted by atomic mass is 10.1. The predicted molar refractivity (Wildman–Crippen MR) is 102 cm³/mol. The summed E-state index contributed by atoms with van der Waals surface area (Å²) in [5.74, 6) is 0.287. The fraction of sp³-hybridized carbons (Fsp3) is 0.158. The van der Waals surface area contributed by atoms with E-state index in [9.17, 15) is 13.2 Å². The van der Waals surface area contributed by atoms with Crippen molar-refractivity contribution in [1.82, 2.24) is 9.46 Å². The highest BCUT2D eigenvalue weighted by molar-refractivity contribution is 7.89. The number of nitrogens with zero attached hydrogens (tertiary/aromatic N) is 2. The van der Waals surface area contributed by atoms with E-state index in [0.29, 0.717) is 22.0 Å². The molecule has 1 aromatic heterocycles. The molecular weight excluding hydrogens is 388 g/mol. The molecule has 0 N–H and O–H groups in total. The minimum Gasteiger partial charge on any atom is -0.359 e. The topological polar surface area (TPSA) is 80.5 Å². The molecule has 0 saturated heterocycles. The van der Waals surface area contributed by atoms with Crippen molar-refractivity contribution in [3.63, 3.8) is 0 Å². The largest absolute Gasteiger partial charge is 0.359 e. The number of benzene rings is 2. The van der Waals surface area contributed by atoms with Gasteiger partial charge in [-0.2, -0.15) is 4.31 Å². The molecule has 2 aromatic carbocycles. The van der Waals surface area contributed by atoms with Crippen LogP contribution in [0.4, 0.5) is 0 Å². The molecule has 0 amide bonds. The maximum absolute atomic E-state index is 12.7. The fourth-order valence-corrected chi connectivity index (χ4v) is 3.75. The molecule has 0 aliphatic heterocycles. The zero-order valence-corrected chi connectivity index (χ0v) is 16.3. The molecule has 1 heterocycles. The summed E-state index contributed by atoms with van der Waals surface area (Å²) in [7, 11) is -2.27. The smallest absolute Gasteiger partial charge is 0.243 e. The van der Waals surface area contributed by atoms with Gasteiger partial charge in [-0.05, 0) is 31.2 Å². The van der Waals surface area contributed by atoms with Crippen molar-refractivity contribution in [3.05, 3.63) is 70.9 Å². The predicted octanol–water partition coefficient (Wildman–Crippen LogP) is 4.02. The Hall–Kier alpha value is -2.48. The summed E-state index contributed by atoms with van der Waals surface area (Å²) in [4.78, 5) is 11.4. The van der Waals surface area contributed by atoms with Gasteiger partial charge in [0.25, 0.3) is 0 Å². The van der Waals surface area contributed by atoms with Crippen LogP contribution in [0.15, 0.2) is 64.0 Å². The number of Topliss-reactive ketones (excluding diaryl/α,β-unsaturated/α-hetero) is 1. The van der Waals surface area contributed by atoms with E-state index in [4.69, 9.17) is 16.1 Å². The van der Waals surface area contributed by atoms with Crippen LogP contribution in [-0.4, -0.2) is 30.7 Å². The monoisotopic (exact) mass is 404 g/mol. The molecule has 3 aromatic rings. The number of hydrogen-bond donors (Lipinski definition) is 0. The average molecular weight is 405 g/mol. The lowest BCUT2D eigenvalue weighted by molar-refractivity contribution is 0.101. The fourth-order valence-electron chi connectivity index (χ4n) is 2.49. The Labute approximate surface area is 162 Å². The summed E-state index contributed by atoms with van der Waals surface area (Å²) in [6.45, 7) is 1.45. The van der Waals surface area contributed by atoms with Gasteiger partial charge in [-0.3, -0.25) is 4.79 Å². The molecule has 140 valence electrons. The van der Waals surface area contributed by atoms with Gasteiger partial charge in [0.1, 0.15) is 5.69 Å². The van der Waals surface area contributed by atoms with E-state index in [2.05, 4.69) is 5.16 Å². The van der Waals surface area contributed by atoms with Crippen LogP contribution in [0, 0.1) is 0 Å². The van der Waals surface area contributed by atoms with Gasteiger partial charge in [-0.15, -0.1) is 0 Å². The highest BCUT2D eigenvalue weighted by Crippen LogP contribution is 2.23. The SMILES string of the molecule is CC(=O)c1ccc(S(=O)(=O)N(C)Cc2cc(-c3ccc(Cl)cc3)no2)cc1. The first-order valence-electron chi connectivity index (χ1n) is 8.06. The Morgan fingerprint density at radius 2 is 1.74 bits per heavy atom. The summed E-state index contributed by atoms with van der Waals surface area (Å²) < 4.78 is 31.8. The molecule has 0 aliphatic carbocycles. The minimum absolute atomic E-state index is 0.0252. The van der Waals surface area contributed by atoms with Gasteiger partial charge in [-0.1, -0.05) is 41.0 Å². The number of hydrogen-bond acceptors (Lipinski definition) is 5. The van der Waals surface area contributed by atoms with Crippen LogP contribution in [0.1, 0.15) is 23.0 Å². The molecule has 3 rings (SSSR count). The Bertz CT molecular complexity index is 1060. The molecule has 0 atom stereocenters. The summed E-state index contributed by atoms with van der Waals surface area (Å²) in [5, 5.41) is 4.59. The lowest BCUT2D eigenvalue weighted by Gasteiger charge is -2.15. The lowest BCUT2D eigenvalue weighted by Crippen LogP contribution is -2.26. The summed E-state index contributed by atoms with van der Waals surface area (Å²) >= 11 is 5.87. The van der Waals surface area contributed by atoms with Gasteiger partial charge >= 0.3 is 0 Å². The number of carbonyl (C=O) groups excluding carboxylic acids is 1. The van der Waals surface area contributed by atoms with Crippen LogP contribution in [0.25, 0.3) is 11.3 Å². The molecular formula is C19H17ClN2O4S. The van der Waals surface area contributed by atoms with E-state index >= 15 is 0 Å². The highest BCUT2D eigenvalue weighted by Gasteiger charge is 2.22. The van der Waals surface area contributed by atoms with E-state index in [1.54, 1.807) is 30.3 Å². The average Bonchev–Trinajstić information content (AvgIpc) is 3.10. The first-order chi connectivity index (χ1) is 12.8. The van der Waals surface area contributed by atoms with Gasteiger partial charge in [0, 0.05) is 29.3 Å². The van der Waals surface area contributed by atoms with E-state index in [1.807, 2.05) is 0 Å². The maximum atomic E-state index is 12.7. The first-order valence-corrected chi connectivity index (χ1v) is 9.88. The normalized spacial score (nSPS) is 11.7. The number of halogens is 1. The summed E-state index contributed by atoms with van der Waals surface area (Å²) in [5.41, 5.74) is 1.87. The third kappa shape index (κ3) is 4.27. The van der Waals surface area contributed by atoms with Gasteiger partial charge in [0.2, 0.25) is 10.0 Å². The van der Waals surface area contributed by atoms with Gasteiger partial charge in [-0.25, -0.2) is 8.42 Å². The van der Waals surface area contributed by atoms with Gasteiger partial charge in [0.15, 0.2) is 11.5 Å². The van der Waals surface area contributed by atoms with Crippen molar-refractivity contribution in [2.24, 2.45) is 0 Å². The van der Waals surface area contributed by atoms with Crippen molar-refractivity contribution < 1.29 is 17.7 Å². The number of aromatic nitrogens is 1. The third-order valence-electron chi connectivity index (χ3n) is 4.05. The number of sulfonamides is 1. The van der Waals surface area contributed by atoms with Crippen molar-refractivity contribution in [3.8, 4) is 11.3 Å². The van der Waals surface area contributed by atoms with Gasteiger partial charge in [0.05, 0.1) is 11.4 Å². The van der Waals surface area contributed by atoms with Crippen LogP contribution in [0.2, 0.25) is 5.02 Å². The Morgan fingerprint density at radius 3 is 2.33 bits per heavy atom. The van der Waals surface area contributed by atoms with Crippen LogP contribution in [0.5, 0.6) is 0 Å². The summed E-state index contributed by atoms with van der Waals surface area (Å²) in [6.07, 6.45) is 0. The molecule has 8 heteroatoms. The maximum Gasteiger partial charge on any atom is 0.243 e. The van der Waals surface area contributed by atoms with Crippen LogP contribution < -0.4 is 0 Å². The highest BCUT2D eigenvalue weighted by atomic mass is 35.5. The zero-order chi connectivity index (χ0) is 19.6. The molecule has 27 heavy (non-hydrogen) atoms. The summed E-state index contributed by atoms with van der Waals surface area (Å²) in [6, 6.07) is 14.6. The van der Waals surface area contributed by atoms with Crippen molar-refractivity contribution in [2.45, 2.75) is 18.4 Å². The second kappa shape index (κ2) is 7.64.